The maximum absolute atomic E-state index is 12.5. The lowest BCUT2D eigenvalue weighted by atomic mass is 10.1. The van der Waals surface area contributed by atoms with Crippen LogP contribution in [-0.2, 0) is 11.3 Å². The van der Waals surface area contributed by atoms with E-state index in [1.807, 2.05) is 55.5 Å². The second-order valence-corrected chi connectivity index (χ2v) is 5.49. The zero-order chi connectivity index (χ0) is 15.8. The minimum absolute atomic E-state index is 0.0376. The van der Waals surface area contributed by atoms with Crippen LogP contribution >= 0.6 is 0 Å². The van der Waals surface area contributed by atoms with Crippen LogP contribution in [-0.4, -0.2) is 23.4 Å². The van der Waals surface area contributed by atoms with Gasteiger partial charge in [0.2, 0.25) is 5.91 Å². The van der Waals surface area contributed by atoms with Crippen LogP contribution in [0.3, 0.4) is 0 Å². The Labute approximate surface area is 133 Å². The molecule has 116 valence electrons. The molecule has 0 fully saturated rings. The normalized spacial score (nSPS) is 12.1. The molecule has 22 heavy (non-hydrogen) atoms. The summed E-state index contributed by atoms with van der Waals surface area (Å²) in [5, 5.41) is 2.99. The van der Waals surface area contributed by atoms with Crippen molar-refractivity contribution in [3.05, 3.63) is 66.2 Å². The largest absolute Gasteiger partial charge is 0.325 e. The van der Waals surface area contributed by atoms with Crippen molar-refractivity contribution in [2.24, 2.45) is 0 Å². The van der Waals surface area contributed by atoms with E-state index in [9.17, 15) is 4.79 Å². The molecule has 0 aliphatic rings. The fourth-order valence-electron chi connectivity index (χ4n) is 2.45. The summed E-state index contributed by atoms with van der Waals surface area (Å²) in [5.74, 6) is 0.0376. The Kier molecular flexibility index (Phi) is 6.16. The molecule has 0 spiro atoms. The van der Waals surface area contributed by atoms with Crippen molar-refractivity contribution in [1.29, 1.82) is 0 Å². The molecule has 0 saturated heterocycles. The van der Waals surface area contributed by atoms with E-state index in [0.717, 1.165) is 25.2 Å². The van der Waals surface area contributed by atoms with Gasteiger partial charge in [0.05, 0.1) is 6.04 Å². The first-order valence-corrected chi connectivity index (χ1v) is 7.84. The molecule has 1 unspecified atom stereocenters. The molecule has 2 aromatic carbocycles. The van der Waals surface area contributed by atoms with E-state index in [-0.39, 0.29) is 11.9 Å². The molecule has 0 bridgehead atoms. The number of carbonyl (C=O) groups excluding carboxylic acids is 1. The van der Waals surface area contributed by atoms with Gasteiger partial charge in [-0.05, 0) is 37.6 Å². The highest BCUT2D eigenvalue weighted by Crippen LogP contribution is 2.12. The molecule has 2 aromatic rings. The van der Waals surface area contributed by atoms with Crippen molar-refractivity contribution in [1.82, 2.24) is 4.90 Å². The van der Waals surface area contributed by atoms with Crippen LogP contribution in [0.1, 0.15) is 25.8 Å². The zero-order valence-electron chi connectivity index (χ0n) is 13.3. The zero-order valence-corrected chi connectivity index (χ0v) is 13.3. The summed E-state index contributed by atoms with van der Waals surface area (Å²) in [7, 11) is 0. The van der Waals surface area contributed by atoms with E-state index in [1.165, 1.54) is 5.56 Å². The van der Waals surface area contributed by atoms with Crippen molar-refractivity contribution in [2.75, 3.05) is 11.9 Å². The molecule has 1 atom stereocenters. The number of para-hydroxylation sites is 1. The van der Waals surface area contributed by atoms with Crippen molar-refractivity contribution >= 4 is 11.6 Å². The number of nitrogens with one attached hydrogen (secondary N) is 1. The van der Waals surface area contributed by atoms with Gasteiger partial charge >= 0.3 is 0 Å². The van der Waals surface area contributed by atoms with E-state index >= 15 is 0 Å². The molecule has 2 rings (SSSR count). The summed E-state index contributed by atoms with van der Waals surface area (Å²) in [6.07, 6.45) is 1.02. The molecule has 0 heterocycles. The van der Waals surface area contributed by atoms with Crippen LogP contribution in [0.15, 0.2) is 60.7 Å². The van der Waals surface area contributed by atoms with Crippen molar-refractivity contribution < 1.29 is 4.79 Å². The fraction of sp³-hybridized carbons (Fsp3) is 0.316. The Hall–Kier alpha value is -2.13. The van der Waals surface area contributed by atoms with Crippen LogP contribution in [0, 0.1) is 0 Å². The van der Waals surface area contributed by atoms with Gasteiger partial charge in [-0.15, -0.1) is 0 Å². The van der Waals surface area contributed by atoms with Crippen LogP contribution in [0.4, 0.5) is 5.69 Å². The van der Waals surface area contributed by atoms with Gasteiger partial charge in [-0.2, -0.15) is 0 Å². The average molecular weight is 296 g/mol. The molecule has 0 aliphatic heterocycles. The lowest BCUT2D eigenvalue weighted by Crippen LogP contribution is -2.42. The standard InChI is InChI=1S/C19H24N2O/c1-3-14-21(15-17-10-6-4-7-11-17)16(2)19(22)20-18-12-8-5-9-13-18/h4-13,16H,3,14-15H2,1-2H3,(H,20,22). The third kappa shape index (κ3) is 4.71. The molecule has 0 aliphatic carbocycles. The van der Waals surface area contributed by atoms with Gasteiger partial charge in [0, 0.05) is 12.2 Å². The van der Waals surface area contributed by atoms with Gasteiger partial charge in [-0.25, -0.2) is 0 Å². The molecule has 3 heteroatoms. The number of hydrogen-bond acceptors (Lipinski definition) is 2. The molecule has 1 N–H and O–H groups in total. The first-order valence-electron chi connectivity index (χ1n) is 7.84. The third-order valence-corrected chi connectivity index (χ3v) is 3.71. The summed E-state index contributed by atoms with van der Waals surface area (Å²) in [5.41, 5.74) is 2.07. The summed E-state index contributed by atoms with van der Waals surface area (Å²) in [6, 6.07) is 19.7. The Morgan fingerprint density at radius 1 is 1.05 bits per heavy atom. The molecule has 0 saturated carbocycles. The third-order valence-electron chi connectivity index (χ3n) is 3.71. The number of hydrogen-bond donors (Lipinski definition) is 1. The Morgan fingerprint density at radius 2 is 1.64 bits per heavy atom. The quantitative estimate of drug-likeness (QED) is 0.839. The Bertz CT molecular complexity index is 569. The predicted molar refractivity (Wildman–Crippen MR) is 91.7 cm³/mol. The molecule has 1 amide bonds. The lowest BCUT2D eigenvalue weighted by molar-refractivity contribution is -0.121. The number of nitrogens with zero attached hydrogens (tertiary/aromatic N) is 1. The molecule has 0 radical (unpaired) electrons. The summed E-state index contributed by atoms with van der Waals surface area (Å²) in [4.78, 5) is 14.7. The number of amides is 1. The topological polar surface area (TPSA) is 32.3 Å². The minimum Gasteiger partial charge on any atom is -0.325 e. The number of rotatable bonds is 7. The van der Waals surface area contributed by atoms with Gasteiger partial charge in [0.1, 0.15) is 0 Å². The van der Waals surface area contributed by atoms with Crippen molar-refractivity contribution in [3.63, 3.8) is 0 Å². The maximum Gasteiger partial charge on any atom is 0.241 e. The van der Waals surface area contributed by atoms with E-state index < -0.39 is 0 Å². The van der Waals surface area contributed by atoms with Crippen molar-refractivity contribution in [3.8, 4) is 0 Å². The summed E-state index contributed by atoms with van der Waals surface area (Å²) >= 11 is 0. The molecule has 0 aromatic heterocycles. The van der Waals surface area contributed by atoms with Gasteiger partial charge in [0.15, 0.2) is 0 Å². The maximum atomic E-state index is 12.5. The minimum atomic E-state index is -0.166. The summed E-state index contributed by atoms with van der Waals surface area (Å²) in [6.45, 7) is 5.80. The van der Waals surface area contributed by atoms with Gasteiger partial charge in [-0.3, -0.25) is 9.69 Å². The highest BCUT2D eigenvalue weighted by molar-refractivity contribution is 5.94. The fourth-order valence-corrected chi connectivity index (χ4v) is 2.45. The first-order chi connectivity index (χ1) is 10.7. The highest BCUT2D eigenvalue weighted by Gasteiger charge is 2.20. The van der Waals surface area contributed by atoms with Crippen molar-refractivity contribution in [2.45, 2.75) is 32.9 Å². The molecular weight excluding hydrogens is 272 g/mol. The van der Waals surface area contributed by atoms with Crippen LogP contribution in [0.5, 0.6) is 0 Å². The van der Waals surface area contributed by atoms with Gasteiger partial charge in [0.25, 0.3) is 0 Å². The van der Waals surface area contributed by atoms with Gasteiger partial charge < -0.3 is 5.32 Å². The van der Waals surface area contributed by atoms with E-state index in [1.54, 1.807) is 0 Å². The monoisotopic (exact) mass is 296 g/mol. The highest BCUT2D eigenvalue weighted by atomic mass is 16.2. The number of carbonyl (C=O) groups is 1. The second kappa shape index (κ2) is 8.35. The second-order valence-electron chi connectivity index (χ2n) is 5.49. The van der Waals surface area contributed by atoms with Gasteiger partial charge in [-0.1, -0.05) is 55.5 Å². The van der Waals surface area contributed by atoms with Crippen LogP contribution < -0.4 is 5.32 Å². The number of anilines is 1. The first kappa shape index (κ1) is 16.2. The van der Waals surface area contributed by atoms with E-state index in [0.29, 0.717) is 0 Å². The lowest BCUT2D eigenvalue weighted by Gasteiger charge is -2.28. The molecular formula is C19H24N2O. The Morgan fingerprint density at radius 3 is 2.23 bits per heavy atom. The van der Waals surface area contributed by atoms with E-state index in [4.69, 9.17) is 0 Å². The predicted octanol–water partition coefficient (Wildman–Crippen LogP) is 3.93. The van der Waals surface area contributed by atoms with Crippen LogP contribution in [0.25, 0.3) is 0 Å². The average Bonchev–Trinajstić information content (AvgIpc) is 2.55. The Balaban J connectivity index is 2.02. The smallest absolute Gasteiger partial charge is 0.241 e. The molecule has 3 nitrogen and oxygen atoms in total. The number of benzene rings is 2. The summed E-state index contributed by atoms with van der Waals surface area (Å²) < 4.78 is 0. The van der Waals surface area contributed by atoms with Crippen LogP contribution in [0.2, 0.25) is 0 Å². The SMILES string of the molecule is CCCN(Cc1ccccc1)C(C)C(=O)Nc1ccccc1. The van der Waals surface area contributed by atoms with E-state index in [2.05, 4.69) is 29.3 Å².